The average Bonchev–Trinajstić information content (AvgIpc) is 3.09. The minimum atomic E-state index is -0.152. The number of hydrogen-bond acceptors (Lipinski definition) is 4. The van der Waals surface area contributed by atoms with Gasteiger partial charge in [-0.1, -0.05) is 30.3 Å². The highest BCUT2D eigenvalue weighted by molar-refractivity contribution is 5.97. The molecule has 0 saturated heterocycles. The third kappa shape index (κ3) is 4.45. The molecule has 0 fully saturated rings. The average molecular weight is 418 g/mol. The molecule has 1 aliphatic heterocycles. The Hall–Kier alpha value is -3.61. The van der Waals surface area contributed by atoms with Crippen LogP contribution in [0.3, 0.4) is 0 Å². The van der Waals surface area contributed by atoms with Crippen molar-refractivity contribution in [3.63, 3.8) is 0 Å². The lowest BCUT2D eigenvalue weighted by Gasteiger charge is -2.29. The maximum atomic E-state index is 12.7. The summed E-state index contributed by atoms with van der Waals surface area (Å²) in [5.74, 6) is 0.476. The van der Waals surface area contributed by atoms with E-state index in [2.05, 4.69) is 10.4 Å². The summed E-state index contributed by atoms with van der Waals surface area (Å²) in [4.78, 5) is 26.8. The predicted molar refractivity (Wildman–Crippen MR) is 118 cm³/mol. The molecule has 160 valence electrons. The third-order valence-electron chi connectivity index (χ3n) is 5.50. The van der Waals surface area contributed by atoms with Gasteiger partial charge in [0.15, 0.2) is 0 Å². The summed E-state index contributed by atoms with van der Waals surface area (Å²) in [7, 11) is 0. The zero-order valence-corrected chi connectivity index (χ0v) is 17.8. The Morgan fingerprint density at radius 3 is 2.58 bits per heavy atom. The summed E-state index contributed by atoms with van der Waals surface area (Å²) < 4.78 is 7.48. The number of nitrogens with one attached hydrogen (secondary N) is 1. The smallest absolute Gasteiger partial charge is 0.227 e. The number of ether oxygens (including phenoxy) is 1. The lowest BCUT2D eigenvalue weighted by atomic mass is 10.1. The Morgan fingerprint density at radius 2 is 1.77 bits per heavy atom. The molecule has 0 atom stereocenters. The Labute approximate surface area is 181 Å². The summed E-state index contributed by atoms with van der Waals surface area (Å²) in [5.41, 5.74) is 4.61. The van der Waals surface area contributed by atoms with Gasteiger partial charge in [0.2, 0.25) is 11.8 Å². The normalized spacial score (nSPS) is 12.8. The Bertz CT molecular complexity index is 1090. The van der Waals surface area contributed by atoms with Crippen molar-refractivity contribution in [2.24, 2.45) is 0 Å². The molecule has 3 aromatic rings. The zero-order chi connectivity index (χ0) is 21.8. The van der Waals surface area contributed by atoms with E-state index in [0.717, 1.165) is 28.3 Å². The largest absolute Gasteiger partial charge is 0.490 e. The summed E-state index contributed by atoms with van der Waals surface area (Å²) in [6.45, 7) is 5.27. The minimum Gasteiger partial charge on any atom is -0.490 e. The molecule has 1 aromatic heterocycles. The van der Waals surface area contributed by atoms with Crippen LogP contribution in [0.15, 0.2) is 54.6 Å². The quantitative estimate of drug-likeness (QED) is 0.666. The number of nitrogens with zero attached hydrogens (tertiary/aromatic N) is 3. The van der Waals surface area contributed by atoms with Crippen molar-refractivity contribution in [1.82, 2.24) is 15.1 Å². The van der Waals surface area contributed by atoms with Gasteiger partial charge in [0, 0.05) is 30.6 Å². The molecule has 2 amide bonds. The van der Waals surface area contributed by atoms with Crippen molar-refractivity contribution < 1.29 is 14.3 Å². The molecule has 0 bridgehead atoms. The van der Waals surface area contributed by atoms with Crippen LogP contribution in [0.4, 0.5) is 5.69 Å². The number of aryl methyl sites for hydroxylation is 1. The van der Waals surface area contributed by atoms with E-state index in [-0.39, 0.29) is 24.7 Å². The molecule has 7 heteroatoms. The van der Waals surface area contributed by atoms with Crippen molar-refractivity contribution >= 4 is 17.5 Å². The van der Waals surface area contributed by atoms with Crippen LogP contribution in [0.2, 0.25) is 0 Å². The van der Waals surface area contributed by atoms with E-state index in [1.165, 1.54) is 0 Å². The van der Waals surface area contributed by atoms with E-state index in [4.69, 9.17) is 4.74 Å². The highest BCUT2D eigenvalue weighted by atomic mass is 16.5. The number of benzene rings is 2. The van der Waals surface area contributed by atoms with Crippen molar-refractivity contribution in [2.75, 3.05) is 18.1 Å². The van der Waals surface area contributed by atoms with Crippen LogP contribution >= 0.6 is 0 Å². The van der Waals surface area contributed by atoms with Gasteiger partial charge in [-0.25, -0.2) is 4.68 Å². The molecule has 2 aromatic carbocycles. The van der Waals surface area contributed by atoms with Crippen molar-refractivity contribution in [2.45, 2.75) is 33.2 Å². The number of aromatic nitrogens is 2. The molecular formula is C24H26N4O3. The summed E-state index contributed by atoms with van der Waals surface area (Å²) in [6.07, 6.45) is 0.296. The van der Waals surface area contributed by atoms with Crippen LogP contribution in [0.25, 0.3) is 5.69 Å². The van der Waals surface area contributed by atoms with Gasteiger partial charge in [0.25, 0.3) is 0 Å². The summed E-state index contributed by atoms with van der Waals surface area (Å²) in [5, 5.41) is 7.54. The van der Waals surface area contributed by atoms with E-state index >= 15 is 0 Å². The molecule has 2 heterocycles. The fourth-order valence-electron chi connectivity index (χ4n) is 3.81. The summed E-state index contributed by atoms with van der Waals surface area (Å²) in [6, 6.07) is 17.4. The van der Waals surface area contributed by atoms with Crippen molar-refractivity contribution in [3.8, 4) is 11.4 Å². The first-order valence-corrected chi connectivity index (χ1v) is 10.4. The Kier molecular flexibility index (Phi) is 6.02. The molecule has 0 spiro atoms. The van der Waals surface area contributed by atoms with Crippen LogP contribution in [0.5, 0.6) is 5.75 Å². The molecule has 4 rings (SSSR count). The molecule has 1 N–H and O–H groups in total. The fourth-order valence-corrected chi connectivity index (χ4v) is 3.81. The minimum absolute atomic E-state index is 0.0739. The van der Waals surface area contributed by atoms with Gasteiger partial charge in [-0.2, -0.15) is 5.10 Å². The monoisotopic (exact) mass is 418 g/mol. The molecule has 1 aliphatic rings. The van der Waals surface area contributed by atoms with Gasteiger partial charge in [-0.05, 0) is 38.1 Å². The molecule has 31 heavy (non-hydrogen) atoms. The molecule has 0 aliphatic carbocycles. The van der Waals surface area contributed by atoms with E-state index < -0.39 is 0 Å². The topological polar surface area (TPSA) is 76.5 Å². The number of amides is 2. The number of hydrogen-bond donors (Lipinski definition) is 1. The maximum Gasteiger partial charge on any atom is 0.227 e. The molecule has 0 unspecified atom stereocenters. The SMILES string of the molecule is Cc1nn(-c2ccccc2)c(C)c1CNC(=O)CCC(=O)N1CCOc2ccccc21. The molecule has 0 radical (unpaired) electrons. The first-order valence-electron chi connectivity index (χ1n) is 10.4. The highest BCUT2D eigenvalue weighted by Gasteiger charge is 2.23. The molecule has 0 saturated carbocycles. The maximum absolute atomic E-state index is 12.7. The lowest BCUT2D eigenvalue weighted by Crippen LogP contribution is -2.38. The summed E-state index contributed by atoms with van der Waals surface area (Å²) >= 11 is 0. The number of anilines is 1. The highest BCUT2D eigenvalue weighted by Crippen LogP contribution is 2.31. The van der Waals surface area contributed by atoms with E-state index in [1.54, 1.807) is 4.90 Å². The number of carbonyl (C=O) groups is 2. The second kappa shape index (κ2) is 9.04. The van der Waals surface area contributed by atoms with Crippen LogP contribution < -0.4 is 15.0 Å². The second-order valence-electron chi connectivity index (χ2n) is 7.54. The molecule has 7 nitrogen and oxygen atoms in total. The fraction of sp³-hybridized carbons (Fsp3) is 0.292. The van der Waals surface area contributed by atoms with Crippen molar-refractivity contribution in [3.05, 3.63) is 71.5 Å². The van der Waals surface area contributed by atoms with Gasteiger partial charge < -0.3 is 15.0 Å². The van der Waals surface area contributed by atoms with E-state index in [9.17, 15) is 9.59 Å². The van der Waals surface area contributed by atoms with Gasteiger partial charge in [-0.3, -0.25) is 9.59 Å². The number of para-hydroxylation sites is 3. The van der Waals surface area contributed by atoms with Gasteiger partial charge in [0.1, 0.15) is 12.4 Å². The standard InChI is InChI=1S/C24H26N4O3/c1-17-20(18(2)28(26-17)19-8-4-3-5-9-19)16-25-23(29)12-13-24(30)27-14-15-31-22-11-7-6-10-21(22)27/h3-11H,12-16H2,1-2H3,(H,25,29). The second-order valence-corrected chi connectivity index (χ2v) is 7.54. The van der Waals surface area contributed by atoms with E-state index in [0.29, 0.717) is 25.4 Å². The van der Waals surface area contributed by atoms with Crippen LogP contribution in [0, 0.1) is 13.8 Å². The number of carbonyl (C=O) groups excluding carboxylic acids is 2. The lowest BCUT2D eigenvalue weighted by molar-refractivity contribution is -0.125. The Balaban J connectivity index is 1.33. The molecular weight excluding hydrogens is 392 g/mol. The zero-order valence-electron chi connectivity index (χ0n) is 17.8. The van der Waals surface area contributed by atoms with Crippen molar-refractivity contribution in [1.29, 1.82) is 0 Å². The van der Waals surface area contributed by atoms with Gasteiger partial charge in [-0.15, -0.1) is 0 Å². The predicted octanol–water partition coefficient (Wildman–Crippen LogP) is 3.31. The van der Waals surface area contributed by atoms with Gasteiger partial charge >= 0.3 is 0 Å². The van der Waals surface area contributed by atoms with E-state index in [1.807, 2.05) is 73.1 Å². The van der Waals surface area contributed by atoms with Crippen LogP contribution in [-0.2, 0) is 16.1 Å². The first kappa shape index (κ1) is 20.7. The Morgan fingerprint density at radius 1 is 1.03 bits per heavy atom. The van der Waals surface area contributed by atoms with Gasteiger partial charge in [0.05, 0.1) is 23.6 Å². The third-order valence-corrected chi connectivity index (χ3v) is 5.50. The number of fused-ring (bicyclic) bond motifs is 1. The first-order chi connectivity index (χ1) is 15.0. The van der Waals surface area contributed by atoms with Crippen LogP contribution in [0.1, 0.15) is 29.8 Å². The van der Waals surface area contributed by atoms with Crippen LogP contribution in [-0.4, -0.2) is 34.7 Å². The number of rotatable bonds is 6.